The molecule has 1 heterocycles. The Morgan fingerprint density at radius 1 is 1.25 bits per heavy atom. The fourth-order valence-electron chi connectivity index (χ4n) is 2.70. The third kappa shape index (κ3) is 1.82. The summed E-state index contributed by atoms with van der Waals surface area (Å²) in [7, 11) is 1.63. The van der Waals surface area contributed by atoms with Gasteiger partial charge in [-0.05, 0) is 30.0 Å². The van der Waals surface area contributed by atoms with Crippen LogP contribution in [0.2, 0.25) is 0 Å². The van der Waals surface area contributed by atoms with E-state index in [2.05, 4.69) is 19.9 Å². The number of benzene rings is 2. The van der Waals surface area contributed by atoms with Crippen LogP contribution in [-0.4, -0.2) is 7.11 Å². The molecular weight excluding hydrogens is 250 g/mol. The quantitative estimate of drug-likeness (QED) is 0.702. The molecule has 1 unspecified atom stereocenters. The van der Waals surface area contributed by atoms with E-state index in [0.29, 0.717) is 17.4 Å². The number of ether oxygens (including phenoxy) is 1. The molecule has 20 heavy (non-hydrogen) atoms. The Kier molecular flexibility index (Phi) is 3.05. The van der Waals surface area contributed by atoms with Gasteiger partial charge in [0, 0.05) is 16.8 Å². The van der Waals surface area contributed by atoms with Crippen LogP contribution in [0.3, 0.4) is 0 Å². The normalized spacial score (nSPS) is 12.9. The van der Waals surface area contributed by atoms with Crippen molar-refractivity contribution >= 4 is 27.6 Å². The summed E-state index contributed by atoms with van der Waals surface area (Å²) >= 11 is 0. The van der Waals surface area contributed by atoms with Crippen LogP contribution in [-0.2, 0) is 0 Å². The zero-order chi connectivity index (χ0) is 14.3. The van der Waals surface area contributed by atoms with Gasteiger partial charge in [-0.2, -0.15) is 0 Å². The second-order valence-corrected chi connectivity index (χ2v) is 5.22. The maximum absolute atomic E-state index is 5.96. The summed E-state index contributed by atoms with van der Waals surface area (Å²) in [4.78, 5) is 0. The van der Waals surface area contributed by atoms with Crippen LogP contribution in [0.1, 0.15) is 31.7 Å². The van der Waals surface area contributed by atoms with Gasteiger partial charge in [-0.25, -0.2) is 0 Å². The van der Waals surface area contributed by atoms with E-state index in [0.717, 1.165) is 23.0 Å². The van der Waals surface area contributed by atoms with Crippen molar-refractivity contribution < 1.29 is 9.15 Å². The zero-order valence-electron chi connectivity index (χ0n) is 12.1. The number of fused-ring (bicyclic) bond motifs is 3. The molecule has 2 aromatic carbocycles. The molecule has 0 fully saturated rings. The van der Waals surface area contributed by atoms with Gasteiger partial charge in [-0.1, -0.05) is 26.0 Å². The minimum Gasteiger partial charge on any atom is -0.495 e. The van der Waals surface area contributed by atoms with Crippen molar-refractivity contribution in [1.82, 2.24) is 0 Å². The lowest BCUT2D eigenvalue weighted by molar-refractivity contribution is 0.417. The minimum absolute atomic E-state index is 0.489. The minimum atomic E-state index is 0.489. The van der Waals surface area contributed by atoms with Crippen molar-refractivity contribution in [2.45, 2.75) is 26.2 Å². The number of furan rings is 1. The summed E-state index contributed by atoms with van der Waals surface area (Å²) in [6, 6.07) is 10.0. The average molecular weight is 269 g/mol. The molecule has 1 atom stereocenters. The van der Waals surface area contributed by atoms with E-state index < -0.39 is 0 Å². The Labute approximate surface area is 118 Å². The van der Waals surface area contributed by atoms with Gasteiger partial charge in [0.15, 0.2) is 0 Å². The molecule has 0 aliphatic rings. The largest absolute Gasteiger partial charge is 0.495 e. The molecule has 3 rings (SSSR count). The number of nitrogen functional groups attached to an aromatic ring is 1. The molecule has 0 saturated carbocycles. The van der Waals surface area contributed by atoms with E-state index in [1.807, 2.05) is 24.3 Å². The van der Waals surface area contributed by atoms with Crippen molar-refractivity contribution in [2.24, 2.45) is 0 Å². The highest BCUT2D eigenvalue weighted by Gasteiger charge is 2.16. The van der Waals surface area contributed by atoms with Crippen molar-refractivity contribution in [3.05, 3.63) is 35.9 Å². The van der Waals surface area contributed by atoms with Gasteiger partial charge in [-0.3, -0.25) is 0 Å². The molecule has 0 radical (unpaired) electrons. The van der Waals surface area contributed by atoms with Crippen LogP contribution < -0.4 is 10.5 Å². The van der Waals surface area contributed by atoms with Crippen LogP contribution >= 0.6 is 0 Å². The summed E-state index contributed by atoms with van der Waals surface area (Å²) in [5.74, 6) is 1.18. The molecule has 3 aromatic rings. The molecule has 0 amide bonds. The highest BCUT2D eigenvalue weighted by molar-refractivity contribution is 6.08. The third-order valence-corrected chi connectivity index (χ3v) is 4.02. The monoisotopic (exact) mass is 269 g/mol. The van der Waals surface area contributed by atoms with E-state index in [4.69, 9.17) is 14.9 Å². The van der Waals surface area contributed by atoms with Gasteiger partial charge in [0.2, 0.25) is 0 Å². The lowest BCUT2D eigenvalue weighted by Crippen LogP contribution is -1.93. The molecule has 1 aromatic heterocycles. The van der Waals surface area contributed by atoms with Gasteiger partial charge in [0.1, 0.15) is 16.9 Å². The topological polar surface area (TPSA) is 48.4 Å². The Bertz CT molecular complexity index is 773. The van der Waals surface area contributed by atoms with Crippen molar-refractivity contribution in [3.8, 4) is 5.75 Å². The first kappa shape index (κ1) is 12.9. The Hall–Kier alpha value is -2.16. The second kappa shape index (κ2) is 4.75. The molecule has 0 aliphatic carbocycles. The molecule has 0 bridgehead atoms. The van der Waals surface area contributed by atoms with Crippen LogP contribution in [0.4, 0.5) is 5.69 Å². The number of anilines is 1. The fourth-order valence-corrected chi connectivity index (χ4v) is 2.70. The molecule has 0 saturated heterocycles. The molecule has 3 heteroatoms. The van der Waals surface area contributed by atoms with E-state index >= 15 is 0 Å². The summed E-state index contributed by atoms with van der Waals surface area (Å²) in [6.07, 6.45) is 1.10. The summed E-state index contributed by atoms with van der Waals surface area (Å²) in [5, 5.41) is 2.25. The van der Waals surface area contributed by atoms with E-state index in [1.54, 1.807) is 7.11 Å². The van der Waals surface area contributed by atoms with Crippen LogP contribution in [0.15, 0.2) is 34.7 Å². The Balaban J connectivity index is 2.41. The molecule has 0 aliphatic heterocycles. The highest BCUT2D eigenvalue weighted by Crippen LogP contribution is 2.39. The van der Waals surface area contributed by atoms with E-state index in [1.165, 1.54) is 10.9 Å². The van der Waals surface area contributed by atoms with Crippen molar-refractivity contribution in [2.75, 3.05) is 12.8 Å². The first-order valence-corrected chi connectivity index (χ1v) is 6.94. The molecule has 104 valence electrons. The lowest BCUT2D eigenvalue weighted by Gasteiger charge is -2.10. The van der Waals surface area contributed by atoms with Gasteiger partial charge < -0.3 is 14.9 Å². The number of hydrogen-bond acceptors (Lipinski definition) is 3. The van der Waals surface area contributed by atoms with Crippen molar-refractivity contribution in [1.29, 1.82) is 0 Å². The molecule has 0 spiro atoms. The number of methoxy groups -OCH3 is 1. The first-order valence-electron chi connectivity index (χ1n) is 6.94. The molecular formula is C17H19NO2. The first-order chi connectivity index (χ1) is 9.65. The predicted molar refractivity (Wildman–Crippen MR) is 83.4 cm³/mol. The van der Waals surface area contributed by atoms with Crippen molar-refractivity contribution in [3.63, 3.8) is 0 Å². The zero-order valence-corrected chi connectivity index (χ0v) is 12.1. The lowest BCUT2D eigenvalue weighted by atomic mass is 9.94. The smallest absolute Gasteiger partial charge is 0.142 e. The molecule has 2 N–H and O–H groups in total. The second-order valence-electron chi connectivity index (χ2n) is 5.22. The maximum Gasteiger partial charge on any atom is 0.142 e. The Morgan fingerprint density at radius 2 is 2.05 bits per heavy atom. The van der Waals surface area contributed by atoms with Gasteiger partial charge in [-0.15, -0.1) is 0 Å². The number of rotatable bonds is 3. The maximum atomic E-state index is 5.96. The Morgan fingerprint density at radius 3 is 2.75 bits per heavy atom. The van der Waals surface area contributed by atoms with E-state index in [-0.39, 0.29) is 0 Å². The SMILES string of the molecule is CCC(C)c1cccc2oc3cc(N)c(OC)cc3c12. The average Bonchev–Trinajstić information content (AvgIpc) is 2.82. The standard InChI is InChI=1S/C17H19NO2/c1-4-10(2)11-6-5-7-14-17(11)12-8-16(19-3)13(18)9-15(12)20-14/h5-10H,4,18H2,1-3H3. The summed E-state index contributed by atoms with van der Waals surface area (Å²) < 4.78 is 11.3. The molecule has 3 nitrogen and oxygen atoms in total. The highest BCUT2D eigenvalue weighted by atomic mass is 16.5. The summed E-state index contributed by atoms with van der Waals surface area (Å²) in [6.45, 7) is 4.44. The van der Waals surface area contributed by atoms with Crippen LogP contribution in [0.5, 0.6) is 5.75 Å². The fraction of sp³-hybridized carbons (Fsp3) is 0.294. The van der Waals surface area contributed by atoms with Crippen LogP contribution in [0, 0.1) is 0 Å². The predicted octanol–water partition coefficient (Wildman–Crippen LogP) is 4.69. The van der Waals surface area contributed by atoms with Gasteiger partial charge in [0.05, 0.1) is 12.8 Å². The number of hydrogen-bond donors (Lipinski definition) is 1. The third-order valence-electron chi connectivity index (χ3n) is 4.02. The van der Waals surface area contributed by atoms with E-state index in [9.17, 15) is 0 Å². The summed E-state index contributed by atoms with van der Waals surface area (Å²) in [5.41, 5.74) is 9.60. The van der Waals surface area contributed by atoms with Gasteiger partial charge in [0.25, 0.3) is 0 Å². The van der Waals surface area contributed by atoms with Crippen LogP contribution in [0.25, 0.3) is 21.9 Å². The number of nitrogens with two attached hydrogens (primary N) is 1. The van der Waals surface area contributed by atoms with Gasteiger partial charge >= 0.3 is 0 Å².